The van der Waals surface area contributed by atoms with Crippen molar-refractivity contribution in [3.8, 4) is 0 Å². The molecule has 0 spiro atoms. The summed E-state index contributed by atoms with van der Waals surface area (Å²) in [4.78, 5) is 38.2. The first kappa shape index (κ1) is 91.9. The van der Waals surface area contributed by atoms with Crippen molar-refractivity contribution < 1.29 is 42.1 Å². The van der Waals surface area contributed by atoms with Crippen LogP contribution in [0.4, 0.5) is 0 Å². The van der Waals surface area contributed by atoms with Gasteiger partial charge in [-0.2, -0.15) is 0 Å². The second-order valence-corrected chi connectivity index (χ2v) is 28.7. The Kier molecular flexibility index (Phi) is 71.9. The summed E-state index contributed by atoms with van der Waals surface area (Å²) in [7, 11) is 1.17. The van der Waals surface area contributed by atoms with E-state index in [4.69, 9.17) is 18.5 Å². The van der Waals surface area contributed by atoms with Crippen LogP contribution in [-0.2, 0) is 32.7 Å². The number of phosphoric acid groups is 1. The van der Waals surface area contributed by atoms with E-state index in [0.29, 0.717) is 17.4 Å². The third-order valence-electron chi connectivity index (χ3n) is 16.9. The van der Waals surface area contributed by atoms with Gasteiger partial charge in [-0.15, -0.1) is 0 Å². The number of hydrogen-bond acceptors (Lipinski definition) is 8. The molecular weight excluding hydrogens is 1210 g/mol. The zero-order valence-electron chi connectivity index (χ0n) is 62.8. The molecule has 0 fully saturated rings. The molecule has 0 amide bonds. The van der Waals surface area contributed by atoms with E-state index in [1.54, 1.807) is 0 Å². The van der Waals surface area contributed by atoms with Crippen LogP contribution in [-0.4, -0.2) is 70.0 Å². The number of carbonyl (C=O) groups excluding carboxylic acids is 2. The topological polar surface area (TPSA) is 111 Å². The molecule has 0 aromatic rings. The first-order valence-corrected chi connectivity index (χ1v) is 41.0. The minimum absolute atomic E-state index is 0.0347. The van der Waals surface area contributed by atoms with E-state index in [1.807, 2.05) is 21.1 Å². The Bertz CT molecular complexity index is 2140. The van der Waals surface area contributed by atoms with E-state index in [-0.39, 0.29) is 32.0 Å². The fraction of sp³-hybridized carbons (Fsp3) is 0.698. The fourth-order valence-corrected chi connectivity index (χ4v) is 11.6. The van der Waals surface area contributed by atoms with Crippen molar-refractivity contribution in [3.05, 3.63) is 146 Å². The van der Waals surface area contributed by atoms with Crippen molar-refractivity contribution in [1.29, 1.82) is 0 Å². The predicted octanol–water partition coefficient (Wildman–Crippen LogP) is 25.9. The van der Waals surface area contributed by atoms with Crippen LogP contribution in [0.3, 0.4) is 0 Å². The van der Waals surface area contributed by atoms with Crippen LogP contribution in [0.5, 0.6) is 0 Å². The molecule has 0 radical (unpaired) electrons. The average molecular weight is 1360 g/mol. The molecule has 0 aromatic heterocycles. The number of esters is 2. The number of allylic oxidation sites excluding steroid dienone is 24. The minimum atomic E-state index is -4.65. The summed E-state index contributed by atoms with van der Waals surface area (Å²) in [6.07, 6.45) is 111. The minimum Gasteiger partial charge on any atom is -0.756 e. The molecule has 10 heteroatoms. The molecule has 0 saturated carbocycles. The number of carbonyl (C=O) groups is 2. The third-order valence-corrected chi connectivity index (χ3v) is 17.8. The highest BCUT2D eigenvalue weighted by Crippen LogP contribution is 2.38. The summed E-state index contributed by atoms with van der Waals surface area (Å²) in [5.74, 6) is -0.828. The lowest BCUT2D eigenvalue weighted by atomic mass is 10.0. The monoisotopic (exact) mass is 1350 g/mol. The normalized spacial score (nSPS) is 13.9. The number of unbranched alkanes of at least 4 members (excludes halogenated alkanes) is 34. The zero-order valence-corrected chi connectivity index (χ0v) is 63.7. The van der Waals surface area contributed by atoms with Crippen LogP contribution in [0.1, 0.15) is 335 Å². The molecule has 0 heterocycles. The van der Waals surface area contributed by atoms with Gasteiger partial charge in [0.25, 0.3) is 7.82 Å². The Morgan fingerprint density at radius 1 is 0.323 bits per heavy atom. The Balaban J connectivity index is 3.97. The summed E-state index contributed by atoms with van der Waals surface area (Å²) in [6, 6.07) is 0. The molecule has 2 atom stereocenters. The van der Waals surface area contributed by atoms with Crippen LogP contribution in [0, 0.1) is 0 Å². The van der Waals surface area contributed by atoms with Crippen LogP contribution in [0.2, 0.25) is 0 Å². The highest BCUT2D eigenvalue weighted by molar-refractivity contribution is 7.45. The van der Waals surface area contributed by atoms with Gasteiger partial charge in [0.1, 0.15) is 19.8 Å². The maximum Gasteiger partial charge on any atom is 0.306 e. The highest BCUT2D eigenvalue weighted by Gasteiger charge is 2.22. The maximum atomic E-state index is 12.9. The van der Waals surface area contributed by atoms with Crippen molar-refractivity contribution in [1.82, 2.24) is 0 Å². The summed E-state index contributed by atoms with van der Waals surface area (Å²) in [5, 5.41) is 0. The molecule has 0 aliphatic heterocycles. The Labute approximate surface area is 593 Å². The number of likely N-dealkylation sites (N-methyl/N-ethyl adjacent to an activating group) is 1. The lowest BCUT2D eigenvalue weighted by Crippen LogP contribution is -2.37. The molecule has 0 rings (SSSR count). The lowest BCUT2D eigenvalue weighted by molar-refractivity contribution is -0.870. The fourth-order valence-electron chi connectivity index (χ4n) is 10.9. The van der Waals surface area contributed by atoms with Gasteiger partial charge < -0.3 is 27.9 Å². The number of hydrogen-bond donors (Lipinski definition) is 0. The van der Waals surface area contributed by atoms with Gasteiger partial charge in [-0.25, -0.2) is 0 Å². The largest absolute Gasteiger partial charge is 0.756 e. The number of quaternary nitrogens is 1. The molecule has 0 saturated heterocycles. The molecule has 550 valence electrons. The zero-order chi connectivity index (χ0) is 69.7. The second kappa shape index (κ2) is 75.1. The van der Waals surface area contributed by atoms with Crippen LogP contribution in [0.25, 0.3) is 0 Å². The highest BCUT2D eigenvalue weighted by atomic mass is 31.2. The van der Waals surface area contributed by atoms with Crippen molar-refractivity contribution in [2.75, 3.05) is 47.5 Å². The molecule has 9 nitrogen and oxygen atoms in total. The van der Waals surface area contributed by atoms with E-state index >= 15 is 0 Å². The molecule has 0 N–H and O–H groups in total. The molecule has 0 aromatic carbocycles. The van der Waals surface area contributed by atoms with Crippen LogP contribution < -0.4 is 4.89 Å². The summed E-state index contributed by atoms with van der Waals surface area (Å²) < 4.78 is 34.4. The number of ether oxygens (including phenoxy) is 2. The molecule has 96 heavy (non-hydrogen) atoms. The van der Waals surface area contributed by atoms with Gasteiger partial charge >= 0.3 is 11.9 Å². The quantitative estimate of drug-likeness (QED) is 0.0195. The molecule has 0 aliphatic carbocycles. The number of rotatable bonds is 72. The SMILES string of the molecule is CC/C=C\C/C=C\C/C=C\C/C=C\C/C=C\C/C=C\CCCCCCCCCCCCCCCCCCCCCCCCC(=O)OC(COC(=O)CCCCCCCCCCCCCC/C=C\C/C=C\C/C=C\C/C=C\C/C=C\C/C=C\CC)COP(=O)([O-])OCC[N+](C)(C)C. The summed E-state index contributed by atoms with van der Waals surface area (Å²) in [5.41, 5.74) is 0. The molecule has 2 unspecified atom stereocenters. The van der Waals surface area contributed by atoms with Gasteiger partial charge in [0.05, 0.1) is 27.7 Å². The van der Waals surface area contributed by atoms with E-state index in [0.717, 1.165) is 116 Å². The van der Waals surface area contributed by atoms with E-state index < -0.39 is 26.5 Å². The molecular formula is C86H148NO8P. The predicted molar refractivity (Wildman–Crippen MR) is 415 cm³/mol. The van der Waals surface area contributed by atoms with Crippen LogP contribution >= 0.6 is 7.82 Å². The summed E-state index contributed by atoms with van der Waals surface area (Å²) in [6.45, 7) is 4.04. The van der Waals surface area contributed by atoms with Gasteiger partial charge in [-0.1, -0.05) is 352 Å². The lowest BCUT2D eigenvalue weighted by Gasteiger charge is -2.28. The van der Waals surface area contributed by atoms with Gasteiger partial charge in [-0.3, -0.25) is 14.2 Å². The third kappa shape index (κ3) is 78.9. The Hall–Kier alpha value is -4.11. The van der Waals surface area contributed by atoms with Gasteiger partial charge in [0.15, 0.2) is 6.10 Å². The number of phosphoric ester groups is 1. The van der Waals surface area contributed by atoms with Crippen LogP contribution in [0.15, 0.2) is 146 Å². The van der Waals surface area contributed by atoms with Crippen molar-refractivity contribution in [2.45, 2.75) is 341 Å². The maximum absolute atomic E-state index is 12.9. The molecule has 0 aliphatic rings. The van der Waals surface area contributed by atoms with Crippen molar-refractivity contribution >= 4 is 19.8 Å². The first-order valence-electron chi connectivity index (χ1n) is 39.5. The molecule has 0 bridgehead atoms. The van der Waals surface area contributed by atoms with E-state index in [1.165, 1.54) is 186 Å². The Morgan fingerprint density at radius 2 is 0.562 bits per heavy atom. The van der Waals surface area contributed by atoms with E-state index in [2.05, 4.69) is 160 Å². The van der Waals surface area contributed by atoms with Gasteiger partial charge in [0, 0.05) is 12.8 Å². The average Bonchev–Trinajstić information content (AvgIpc) is 2.54. The van der Waals surface area contributed by atoms with Gasteiger partial charge in [-0.05, 0) is 116 Å². The standard InChI is InChI=1S/C86H148NO8P/c1-6-8-10-12-14-16-18-20-22-24-26-28-30-32-34-36-38-39-40-41-42-43-44-45-46-47-49-51-53-55-57-59-61-63-65-67-69-71-73-75-77-79-86(89)95-84(83-94-96(90,91)93-81-80-87(3,4)5)82-92-85(88)78-76-74-72-70-68-66-64-62-60-58-56-54-52-50-48-37-35-33-31-29-27-25-23-21-19-17-15-13-11-9-7-2/h8-11,14-17,20-23,26-29,32-35,38-39,48,50,84H,6-7,12-13,18-19,24-25,30-31,36-37,40-47,49,51-83H2,1-5H3/b10-8-,11-9-,16-14-,17-15-,22-20-,23-21-,28-26-,29-27-,34-32-,35-33-,39-38-,50-48-. The number of nitrogens with zero attached hydrogens (tertiary/aromatic N) is 1. The Morgan fingerprint density at radius 3 is 0.833 bits per heavy atom. The van der Waals surface area contributed by atoms with Crippen molar-refractivity contribution in [3.63, 3.8) is 0 Å². The smallest absolute Gasteiger partial charge is 0.306 e. The first-order chi connectivity index (χ1) is 47.0. The second-order valence-electron chi connectivity index (χ2n) is 27.3. The van der Waals surface area contributed by atoms with E-state index in [9.17, 15) is 19.0 Å². The summed E-state index contributed by atoms with van der Waals surface area (Å²) >= 11 is 0. The van der Waals surface area contributed by atoms with Gasteiger partial charge in [0.2, 0.25) is 0 Å². The van der Waals surface area contributed by atoms with Crippen molar-refractivity contribution in [2.24, 2.45) is 0 Å².